The quantitative estimate of drug-likeness (QED) is 0.896. The fourth-order valence-corrected chi connectivity index (χ4v) is 3.29. The van der Waals surface area contributed by atoms with Crippen molar-refractivity contribution in [1.82, 2.24) is 9.71 Å². The molecule has 6 nitrogen and oxygen atoms in total. The molecule has 0 radical (unpaired) electrons. The molecule has 0 fully saturated rings. The van der Waals surface area contributed by atoms with Gasteiger partial charge in [-0.1, -0.05) is 6.07 Å². The highest BCUT2D eigenvalue weighted by molar-refractivity contribution is 7.89. The Kier molecular flexibility index (Phi) is 3.25. The van der Waals surface area contributed by atoms with Crippen molar-refractivity contribution >= 4 is 27.3 Å². The zero-order valence-electron chi connectivity index (χ0n) is 8.49. The Labute approximate surface area is 101 Å². The molecule has 2 heterocycles. The molecule has 1 N–H and O–H groups in total. The van der Waals surface area contributed by atoms with Crippen LogP contribution in [-0.4, -0.2) is 19.3 Å². The van der Waals surface area contributed by atoms with Gasteiger partial charge in [0.1, 0.15) is 12.0 Å². The van der Waals surface area contributed by atoms with Gasteiger partial charge < -0.3 is 4.42 Å². The Hall–Kier alpha value is -1.67. The molecular weight excluding hydrogens is 264 g/mol. The number of nitrogens with one attached hydrogen (secondary N) is 1. The fraction of sp³-hybridized carbons (Fsp3) is 0.111. The van der Waals surface area contributed by atoms with E-state index in [1.165, 1.54) is 11.3 Å². The van der Waals surface area contributed by atoms with Gasteiger partial charge >= 0.3 is 0 Å². The molecule has 0 aliphatic heterocycles. The van der Waals surface area contributed by atoms with Crippen molar-refractivity contribution < 1.29 is 17.6 Å². The maximum absolute atomic E-state index is 11.6. The van der Waals surface area contributed by atoms with Crippen LogP contribution in [0.2, 0.25) is 0 Å². The van der Waals surface area contributed by atoms with Crippen molar-refractivity contribution in [2.24, 2.45) is 0 Å². The van der Waals surface area contributed by atoms with E-state index in [2.05, 4.69) is 9.40 Å². The normalized spacial score (nSPS) is 11.3. The van der Waals surface area contributed by atoms with Crippen LogP contribution in [0, 0.1) is 0 Å². The number of hydrogen-bond donors (Lipinski definition) is 1. The molecule has 8 heteroatoms. The number of aromatic nitrogens is 1. The van der Waals surface area contributed by atoms with E-state index in [0.29, 0.717) is 4.88 Å². The standard InChI is InChI=1S/C9H8N2O4S2/c12-9(8-4-15-6-10-8)11-17(13,14)5-7-2-1-3-16-7/h1-4,6H,5H2,(H,11,12). The molecule has 0 saturated carbocycles. The van der Waals surface area contributed by atoms with Crippen LogP contribution in [0.15, 0.2) is 34.6 Å². The molecule has 0 saturated heterocycles. The Bertz CT molecular complexity index is 587. The average molecular weight is 272 g/mol. The van der Waals surface area contributed by atoms with E-state index in [1.54, 1.807) is 17.5 Å². The lowest BCUT2D eigenvalue weighted by Crippen LogP contribution is -2.31. The minimum absolute atomic E-state index is 0.0697. The monoisotopic (exact) mass is 272 g/mol. The van der Waals surface area contributed by atoms with E-state index >= 15 is 0 Å². The van der Waals surface area contributed by atoms with Gasteiger partial charge in [-0.15, -0.1) is 11.3 Å². The van der Waals surface area contributed by atoms with Gasteiger partial charge in [0.25, 0.3) is 5.91 Å². The lowest BCUT2D eigenvalue weighted by atomic mass is 10.5. The maximum Gasteiger partial charge on any atom is 0.286 e. The predicted octanol–water partition coefficient (Wildman–Crippen LogP) is 0.996. The van der Waals surface area contributed by atoms with Gasteiger partial charge in [0, 0.05) is 4.88 Å². The number of sulfonamides is 1. The number of carbonyl (C=O) groups is 1. The number of rotatable bonds is 4. The Balaban J connectivity index is 2.05. The number of hydrogen-bond acceptors (Lipinski definition) is 6. The van der Waals surface area contributed by atoms with Crippen molar-refractivity contribution in [3.05, 3.63) is 40.7 Å². The first-order chi connectivity index (χ1) is 8.07. The van der Waals surface area contributed by atoms with Crippen LogP contribution in [-0.2, 0) is 15.8 Å². The molecule has 2 aromatic rings. The van der Waals surface area contributed by atoms with Gasteiger partial charge in [0.15, 0.2) is 12.1 Å². The first kappa shape index (κ1) is 11.8. The van der Waals surface area contributed by atoms with Gasteiger partial charge in [0.2, 0.25) is 10.0 Å². The highest BCUT2D eigenvalue weighted by Gasteiger charge is 2.18. The summed E-state index contributed by atoms with van der Waals surface area (Å²) in [4.78, 5) is 15.7. The average Bonchev–Trinajstić information content (AvgIpc) is 2.85. The van der Waals surface area contributed by atoms with Gasteiger partial charge in [-0.25, -0.2) is 18.1 Å². The number of nitrogens with zero attached hydrogens (tertiary/aromatic N) is 1. The van der Waals surface area contributed by atoms with E-state index in [-0.39, 0.29) is 11.4 Å². The maximum atomic E-state index is 11.6. The molecular formula is C9H8N2O4S2. The molecule has 17 heavy (non-hydrogen) atoms. The zero-order valence-corrected chi connectivity index (χ0v) is 10.1. The van der Waals surface area contributed by atoms with Gasteiger partial charge in [-0.2, -0.15) is 0 Å². The molecule has 0 unspecified atom stereocenters. The lowest BCUT2D eigenvalue weighted by Gasteiger charge is -2.03. The molecule has 0 aliphatic rings. The first-order valence-corrected chi connectivity index (χ1v) is 7.05. The number of thiophene rings is 1. The highest BCUT2D eigenvalue weighted by Crippen LogP contribution is 2.12. The summed E-state index contributed by atoms with van der Waals surface area (Å²) in [6.07, 6.45) is 2.14. The summed E-state index contributed by atoms with van der Waals surface area (Å²) in [6, 6.07) is 3.43. The van der Waals surface area contributed by atoms with E-state index in [1.807, 2.05) is 4.72 Å². The second-order valence-electron chi connectivity index (χ2n) is 3.14. The third kappa shape index (κ3) is 3.14. The van der Waals surface area contributed by atoms with Crippen molar-refractivity contribution in [3.63, 3.8) is 0 Å². The van der Waals surface area contributed by atoms with Crippen LogP contribution in [0.3, 0.4) is 0 Å². The number of carbonyl (C=O) groups excluding carboxylic acids is 1. The van der Waals surface area contributed by atoms with Gasteiger partial charge in [0.05, 0.1) is 0 Å². The second kappa shape index (κ2) is 4.68. The SMILES string of the molecule is O=C(NS(=O)(=O)Cc1cccs1)c1cocn1. The van der Waals surface area contributed by atoms with E-state index in [9.17, 15) is 13.2 Å². The van der Waals surface area contributed by atoms with Crippen LogP contribution in [0.4, 0.5) is 0 Å². The Morgan fingerprint density at radius 1 is 1.53 bits per heavy atom. The molecule has 1 amide bonds. The minimum Gasteiger partial charge on any atom is -0.451 e. The lowest BCUT2D eigenvalue weighted by molar-refractivity contribution is 0.0976. The minimum atomic E-state index is -3.70. The predicted molar refractivity (Wildman–Crippen MR) is 60.9 cm³/mol. The van der Waals surface area contributed by atoms with E-state index in [4.69, 9.17) is 0 Å². The molecule has 0 bridgehead atoms. The molecule has 0 aromatic carbocycles. The van der Waals surface area contributed by atoms with Gasteiger partial charge in [-0.3, -0.25) is 4.79 Å². The highest BCUT2D eigenvalue weighted by atomic mass is 32.2. The molecule has 2 rings (SSSR count). The van der Waals surface area contributed by atoms with Crippen LogP contribution in [0.5, 0.6) is 0 Å². The molecule has 90 valence electrons. The fourth-order valence-electron chi connectivity index (χ4n) is 1.14. The summed E-state index contributed by atoms with van der Waals surface area (Å²) in [5, 5.41) is 1.77. The molecule has 0 aliphatic carbocycles. The summed E-state index contributed by atoms with van der Waals surface area (Å²) in [7, 11) is -3.70. The van der Waals surface area contributed by atoms with Crippen molar-refractivity contribution in [2.75, 3.05) is 0 Å². The van der Waals surface area contributed by atoms with Crippen LogP contribution >= 0.6 is 11.3 Å². The third-order valence-electron chi connectivity index (χ3n) is 1.83. The topological polar surface area (TPSA) is 89.3 Å². The van der Waals surface area contributed by atoms with Crippen molar-refractivity contribution in [2.45, 2.75) is 5.75 Å². The second-order valence-corrected chi connectivity index (χ2v) is 5.90. The Morgan fingerprint density at radius 3 is 2.94 bits per heavy atom. The van der Waals surface area contributed by atoms with E-state index < -0.39 is 15.9 Å². The third-order valence-corrected chi connectivity index (χ3v) is 4.07. The molecule has 0 spiro atoms. The zero-order chi connectivity index (χ0) is 12.3. The summed E-state index contributed by atoms with van der Waals surface area (Å²) in [5.74, 6) is -1.02. The Morgan fingerprint density at radius 2 is 2.35 bits per heavy atom. The molecule has 2 aromatic heterocycles. The van der Waals surface area contributed by atoms with Gasteiger partial charge in [-0.05, 0) is 11.4 Å². The summed E-state index contributed by atoms with van der Waals surface area (Å²) < 4.78 is 29.7. The van der Waals surface area contributed by atoms with Crippen molar-refractivity contribution in [3.8, 4) is 0 Å². The largest absolute Gasteiger partial charge is 0.451 e. The summed E-state index contributed by atoms with van der Waals surface area (Å²) >= 11 is 1.31. The number of amides is 1. The summed E-state index contributed by atoms with van der Waals surface area (Å²) in [5.41, 5.74) is -0.0697. The first-order valence-electron chi connectivity index (χ1n) is 4.52. The van der Waals surface area contributed by atoms with Crippen LogP contribution in [0.25, 0.3) is 0 Å². The van der Waals surface area contributed by atoms with Crippen LogP contribution in [0.1, 0.15) is 15.4 Å². The number of oxazole rings is 1. The van der Waals surface area contributed by atoms with Crippen LogP contribution < -0.4 is 4.72 Å². The summed E-state index contributed by atoms with van der Waals surface area (Å²) in [6.45, 7) is 0. The molecule has 0 atom stereocenters. The van der Waals surface area contributed by atoms with Crippen molar-refractivity contribution in [1.29, 1.82) is 0 Å². The smallest absolute Gasteiger partial charge is 0.286 e. The van der Waals surface area contributed by atoms with E-state index in [0.717, 1.165) is 12.7 Å².